The van der Waals surface area contributed by atoms with Crippen molar-refractivity contribution in [2.24, 2.45) is 0 Å². The quantitative estimate of drug-likeness (QED) is 0.339. The molecule has 1 aliphatic rings. The van der Waals surface area contributed by atoms with Gasteiger partial charge in [0.25, 0.3) is 15.1 Å². The standard InChI is InChI=1S/C28H35NO9S2/c30-40(31,32)21-3-10-29-24-4-1-2-5-27(24)39-28(29)9-7-23-6-8-25-26(22-23)38-20-18-36-16-14-34-12-11-33-13-15-35-17-19-37-25/h1-2,4-9,22H,3,10-21H2/p+1/b9-7+. The number of benzene rings is 2. The van der Waals surface area contributed by atoms with Gasteiger partial charge in [-0.25, -0.2) is 0 Å². The molecule has 2 heterocycles. The number of para-hydroxylation sites is 1. The number of aryl methyl sites for hydroxylation is 1. The third kappa shape index (κ3) is 10.1. The van der Waals surface area contributed by atoms with E-state index in [0.29, 0.717) is 90.5 Å². The van der Waals surface area contributed by atoms with Crippen molar-refractivity contribution < 1.29 is 46.0 Å². The maximum atomic E-state index is 11.2. The van der Waals surface area contributed by atoms with E-state index in [9.17, 15) is 8.42 Å². The molecular weight excluding hydrogens is 558 g/mol. The van der Waals surface area contributed by atoms with Crippen LogP contribution in [0.1, 0.15) is 17.0 Å². The molecule has 10 nitrogen and oxygen atoms in total. The van der Waals surface area contributed by atoms with Crippen molar-refractivity contribution in [1.29, 1.82) is 0 Å². The number of nitrogens with zero attached hydrogens (tertiary/aromatic N) is 1. The monoisotopic (exact) mass is 594 g/mol. The number of thiazole rings is 1. The second kappa shape index (κ2) is 16.0. The van der Waals surface area contributed by atoms with Gasteiger partial charge < -0.3 is 28.4 Å². The first-order valence-corrected chi connectivity index (χ1v) is 15.7. The van der Waals surface area contributed by atoms with Crippen molar-refractivity contribution >= 4 is 43.8 Å². The van der Waals surface area contributed by atoms with E-state index in [0.717, 1.165) is 20.8 Å². The van der Waals surface area contributed by atoms with Crippen LogP contribution in [-0.4, -0.2) is 84.8 Å². The van der Waals surface area contributed by atoms with Gasteiger partial charge in [-0.3, -0.25) is 4.55 Å². The Balaban J connectivity index is 1.48. The number of fused-ring (bicyclic) bond motifs is 2. The molecule has 218 valence electrons. The van der Waals surface area contributed by atoms with Crippen LogP contribution >= 0.6 is 11.3 Å². The van der Waals surface area contributed by atoms with Crippen LogP contribution in [0.25, 0.3) is 22.4 Å². The molecular formula is C28H36NO9S2+. The molecule has 40 heavy (non-hydrogen) atoms. The van der Waals surface area contributed by atoms with Gasteiger partial charge >= 0.3 is 0 Å². The predicted octanol–water partition coefficient (Wildman–Crippen LogP) is 3.47. The fourth-order valence-corrected chi connectivity index (χ4v) is 5.61. The molecule has 0 saturated carbocycles. The molecule has 2 aromatic carbocycles. The third-order valence-corrected chi connectivity index (χ3v) is 7.83. The molecule has 1 aliphatic heterocycles. The smallest absolute Gasteiger partial charge is 0.265 e. The fraction of sp³-hybridized carbons (Fsp3) is 0.464. The zero-order valence-corrected chi connectivity index (χ0v) is 24.0. The number of aromatic nitrogens is 1. The molecule has 0 spiro atoms. The van der Waals surface area contributed by atoms with Gasteiger partial charge in [-0.1, -0.05) is 29.5 Å². The summed E-state index contributed by atoms with van der Waals surface area (Å²) >= 11 is 1.61. The molecule has 0 aliphatic carbocycles. The van der Waals surface area contributed by atoms with Crippen LogP contribution in [0.2, 0.25) is 0 Å². The summed E-state index contributed by atoms with van der Waals surface area (Å²) in [7, 11) is -4.01. The molecule has 4 rings (SSSR count). The number of hydrogen-bond donors (Lipinski definition) is 1. The Hall–Kier alpha value is -2.58. The summed E-state index contributed by atoms with van der Waals surface area (Å²) in [6.07, 6.45) is 4.29. The largest absolute Gasteiger partial charge is 0.487 e. The minimum absolute atomic E-state index is 0.287. The first kappa shape index (κ1) is 30.4. The van der Waals surface area contributed by atoms with Crippen molar-refractivity contribution in [3.8, 4) is 11.5 Å². The number of rotatable bonds is 6. The third-order valence-electron chi connectivity index (χ3n) is 5.89. The summed E-state index contributed by atoms with van der Waals surface area (Å²) in [6, 6.07) is 13.7. The van der Waals surface area contributed by atoms with Gasteiger partial charge in [-0.2, -0.15) is 13.0 Å². The Bertz CT molecular complexity index is 1340. The Kier molecular flexibility index (Phi) is 12.2. The van der Waals surface area contributed by atoms with Gasteiger partial charge in [0.1, 0.15) is 17.9 Å². The molecule has 0 radical (unpaired) electrons. The van der Waals surface area contributed by atoms with Crippen LogP contribution < -0.4 is 14.0 Å². The molecule has 1 aromatic heterocycles. The van der Waals surface area contributed by atoms with Crippen LogP contribution in [-0.2, 0) is 35.6 Å². The summed E-state index contributed by atoms with van der Waals surface area (Å²) < 4.78 is 68.9. The van der Waals surface area contributed by atoms with Crippen LogP contribution in [0.4, 0.5) is 0 Å². The van der Waals surface area contributed by atoms with E-state index in [4.69, 9.17) is 33.0 Å². The lowest BCUT2D eigenvalue weighted by molar-refractivity contribution is -0.668. The predicted molar refractivity (Wildman–Crippen MR) is 153 cm³/mol. The normalized spacial score (nSPS) is 17.0. The highest BCUT2D eigenvalue weighted by molar-refractivity contribution is 7.85. The Morgan fingerprint density at radius 3 is 2.02 bits per heavy atom. The fourth-order valence-electron chi connectivity index (χ4n) is 4.02. The SMILES string of the molecule is O=S(=O)(O)CCC[n+]1c(/C=C/c2ccc3c(c2)OCCOCCOCCOCCOCCO3)sc2ccccc21. The average molecular weight is 595 g/mol. The Morgan fingerprint density at radius 2 is 1.38 bits per heavy atom. The van der Waals surface area contributed by atoms with Crippen molar-refractivity contribution in [3.63, 3.8) is 0 Å². The molecule has 12 heteroatoms. The highest BCUT2D eigenvalue weighted by Gasteiger charge is 2.19. The molecule has 0 amide bonds. The highest BCUT2D eigenvalue weighted by atomic mass is 32.2. The van der Waals surface area contributed by atoms with E-state index in [2.05, 4.69) is 4.57 Å². The van der Waals surface area contributed by atoms with Crippen LogP contribution in [0.3, 0.4) is 0 Å². The maximum Gasteiger partial charge on any atom is 0.265 e. The lowest BCUT2D eigenvalue weighted by atomic mass is 10.2. The van der Waals surface area contributed by atoms with Gasteiger partial charge in [0.2, 0.25) is 5.52 Å². The van der Waals surface area contributed by atoms with Crippen LogP contribution in [0.5, 0.6) is 11.5 Å². The Labute approximate surface area is 238 Å². The lowest BCUT2D eigenvalue weighted by Crippen LogP contribution is -2.35. The topological polar surface area (TPSA) is 114 Å². The molecule has 0 atom stereocenters. The first-order valence-electron chi connectivity index (χ1n) is 13.2. The van der Waals surface area contributed by atoms with Crippen molar-refractivity contribution in [1.82, 2.24) is 0 Å². The molecule has 0 bridgehead atoms. The second-order valence-electron chi connectivity index (χ2n) is 8.89. The number of ether oxygens (including phenoxy) is 6. The minimum Gasteiger partial charge on any atom is -0.487 e. The van der Waals surface area contributed by atoms with E-state index >= 15 is 0 Å². The zero-order chi connectivity index (χ0) is 28.0. The summed E-state index contributed by atoms with van der Waals surface area (Å²) in [5.74, 6) is 0.929. The van der Waals surface area contributed by atoms with Crippen LogP contribution in [0.15, 0.2) is 42.5 Å². The van der Waals surface area contributed by atoms with Crippen molar-refractivity contribution in [2.45, 2.75) is 13.0 Å². The molecule has 0 unspecified atom stereocenters. The molecule has 0 fully saturated rings. The van der Waals surface area contributed by atoms with Gasteiger partial charge in [-0.15, -0.1) is 0 Å². The van der Waals surface area contributed by atoms with Crippen molar-refractivity contribution in [3.05, 3.63) is 53.0 Å². The van der Waals surface area contributed by atoms with Crippen molar-refractivity contribution in [2.75, 3.05) is 71.8 Å². The first-order chi connectivity index (χ1) is 19.5. The van der Waals surface area contributed by atoms with Gasteiger partial charge in [0, 0.05) is 18.6 Å². The molecule has 1 N–H and O–H groups in total. The average Bonchev–Trinajstić information content (AvgIpc) is 3.28. The zero-order valence-electron chi connectivity index (χ0n) is 22.4. The summed E-state index contributed by atoms with van der Waals surface area (Å²) in [5, 5.41) is 0.962. The van der Waals surface area contributed by atoms with E-state index < -0.39 is 10.1 Å². The van der Waals surface area contributed by atoms with Gasteiger partial charge in [0.05, 0.1) is 58.6 Å². The Morgan fingerprint density at radius 1 is 0.775 bits per heavy atom. The van der Waals surface area contributed by atoms with E-state index in [1.54, 1.807) is 11.3 Å². The molecule has 0 saturated heterocycles. The maximum absolute atomic E-state index is 11.2. The summed E-state index contributed by atoms with van der Waals surface area (Å²) in [6.45, 7) is 4.99. The van der Waals surface area contributed by atoms with Gasteiger partial charge in [0.15, 0.2) is 18.0 Å². The minimum atomic E-state index is -4.01. The lowest BCUT2D eigenvalue weighted by Gasteiger charge is -2.14. The van der Waals surface area contributed by atoms with Crippen LogP contribution in [0, 0.1) is 0 Å². The van der Waals surface area contributed by atoms with E-state index in [-0.39, 0.29) is 5.75 Å². The second-order valence-corrected chi connectivity index (χ2v) is 11.5. The van der Waals surface area contributed by atoms with E-state index in [1.807, 2.05) is 54.6 Å². The van der Waals surface area contributed by atoms with Gasteiger partial charge in [-0.05, 0) is 29.8 Å². The van der Waals surface area contributed by atoms with E-state index in [1.165, 1.54) is 0 Å². The molecule has 3 aromatic rings. The number of hydrogen-bond acceptors (Lipinski definition) is 9. The highest BCUT2D eigenvalue weighted by Crippen LogP contribution is 2.30. The summed E-state index contributed by atoms with van der Waals surface area (Å²) in [4.78, 5) is 0. The summed E-state index contributed by atoms with van der Waals surface area (Å²) in [5.41, 5.74) is 1.93.